The van der Waals surface area contributed by atoms with E-state index in [1.54, 1.807) is 0 Å². The van der Waals surface area contributed by atoms with E-state index in [0.29, 0.717) is 0 Å². The lowest BCUT2D eigenvalue weighted by Gasteiger charge is -2.38. The van der Waals surface area contributed by atoms with E-state index in [2.05, 4.69) is 46.8 Å². The van der Waals surface area contributed by atoms with Gasteiger partial charge in [-0.3, -0.25) is 4.90 Å². The van der Waals surface area contributed by atoms with Gasteiger partial charge >= 0.3 is 0 Å². The molecule has 1 aromatic carbocycles. The van der Waals surface area contributed by atoms with Crippen LogP contribution in [0.1, 0.15) is 19.4 Å². The number of halogens is 1. The van der Waals surface area contributed by atoms with Gasteiger partial charge < -0.3 is 10.5 Å². The van der Waals surface area contributed by atoms with Crippen molar-refractivity contribution >= 4 is 21.6 Å². The Morgan fingerprint density at radius 2 is 2.24 bits per heavy atom. The molecular weight excluding hydrogens is 280 g/mol. The van der Waals surface area contributed by atoms with Crippen molar-refractivity contribution in [2.45, 2.75) is 26.0 Å². The summed E-state index contributed by atoms with van der Waals surface area (Å²) in [5.41, 5.74) is 7.82. The Kier molecular flexibility index (Phi) is 3.76. The van der Waals surface area contributed by atoms with E-state index in [9.17, 15) is 0 Å². The summed E-state index contributed by atoms with van der Waals surface area (Å²) < 4.78 is 6.68. The molecule has 0 aromatic heterocycles. The fraction of sp³-hybridized carbons (Fsp3) is 0.538. The maximum absolute atomic E-state index is 5.78. The average molecular weight is 299 g/mol. The number of hydrogen-bond donors (Lipinski definition) is 1. The summed E-state index contributed by atoms with van der Waals surface area (Å²) >= 11 is 3.47. The van der Waals surface area contributed by atoms with Crippen molar-refractivity contribution < 1.29 is 4.74 Å². The van der Waals surface area contributed by atoms with Crippen molar-refractivity contribution in [1.82, 2.24) is 4.90 Å². The summed E-state index contributed by atoms with van der Waals surface area (Å²) in [6.45, 7) is 7.99. The quantitative estimate of drug-likeness (QED) is 0.853. The second-order valence-electron chi connectivity index (χ2n) is 5.17. The molecule has 1 fully saturated rings. The van der Waals surface area contributed by atoms with E-state index in [1.807, 2.05) is 6.07 Å². The summed E-state index contributed by atoms with van der Waals surface area (Å²) in [6, 6.07) is 6.13. The minimum atomic E-state index is -0.0384. The van der Waals surface area contributed by atoms with Crippen LogP contribution in [0.3, 0.4) is 0 Å². The third kappa shape index (κ3) is 3.44. The summed E-state index contributed by atoms with van der Waals surface area (Å²) in [7, 11) is 0. The third-order valence-corrected chi connectivity index (χ3v) is 3.66. The van der Waals surface area contributed by atoms with Crippen LogP contribution in [0.4, 0.5) is 5.69 Å². The average Bonchev–Trinajstić information content (AvgIpc) is 2.22. The fourth-order valence-electron chi connectivity index (χ4n) is 2.18. The number of nitrogen functional groups attached to an aromatic ring is 1. The van der Waals surface area contributed by atoms with E-state index in [0.717, 1.165) is 36.4 Å². The standard InChI is InChI=1S/C13H19BrN2O/c1-13(2)9-16(5-6-17-13)8-10-3-4-12(15)11(14)7-10/h3-4,7H,5-6,8-9,15H2,1-2H3. The molecule has 2 rings (SSSR count). The smallest absolute Gasteiger partial charge is 0.0753 e. The number of morpholine rings is 1. The molecule has 1 aromatic rings. The van der Waals surface area contributed by atoms with Gasteiger partial charge in [-0.15, -0.1) is 0 Å². The number of anilines is 1. The van der Waals surface area contributed by atoms with Gasteiger partial charge in [-0.1, -0.05) is 6.07 Å². The monoisotopic (exact) mass is 298 g/mol. The van der Waals surface area contributed by atoms with Crippen molar-refractivity contribution in [2.24, 2.45) is 0 Å². The van der Waals surface area contributed by atoms with E-state index in [1.165, 1.54) is 5.56 Å². The highest BCUT2D eigenvalue weighted by Crippen LogP contribution is 2.23. The van der Waals surface area contributed by atoms with Gasteiger partial charge in [0.05, 0.1) is 12.2 Å². The van der Waals surface area contributed by atoms with E-state index in [4.69, 9.17) is 10.5 Å². The minimum absolute atomic E-state index is 0.0384. The van der Waals surface area contributed by atoms with Crippen LogP contribution in [0.25, 0.3) is 0 Å². The first-order chi connectivity index (χ1) is 7.96. The molecule has 0 unspecified atom stereocenters. The number of nitrogens with zero attached hydrogens (tertiary/aromatic N) is 1. The fourth-order valence-corrected chi connectivity index (χ4v) is 2.60. The minimum Gasteiger partial charge on any atom is -0.398 e. The van der Waals surface area contributed by atoms with Crippen molar-refractivity contribution in [2.75, 3.05) is 25.4 Å². The zero-order valence-electron chi connectivity index (χ0n) is 10.4. The van der Waals surface area contributed by atoms with Gasteiger partial charge in [0, 0.05) is 29.8 Å². The van der Waals surface area contributed by atoms with Gasteiger partial charge in [0.2, 0.25) is 0 Å². The van der Waals surface area contributed by atoms with Gasteiger partial charge in [0.1, 0.15) is 0 Å². The molecule has 4 heteroatoms. The Bertz CT molecular complexity index is 406. The van der Waals surface area contributed by atoms with Gasteiger partial charge in [-0.25, -0.2) is 0 Å². The van der Waals surface area contributed by atoms with Crippen LogP contribution >= 0.6 is 15.9 Å². The molecule has 2 N–H and O–H groups in total. The Morgan fingerprint density at radius 1 is 1.47 bits per heavy atom. The normalized spacial score (nSPS) is 20.4. The Labute approximate surface area is 111 Å². The van der Waals surface area contributed by atoms with Crippen molar-refractivity contribution in [3.63, 3.8) is 0 Å². The molecule has 3 nitrogen and oxygen atoms in total. The van der Waals surface area contributed by atoms with Crippen LogP contribution < -0.4 is 5.73 Å². The molecule has 0 spiro atoms. The largest absolute Gasteiger partial charge is 0.398 e. The Morgan fingerprint density at radius 3 is 2.88 bits per heavy atom. The molecule has 1 aliphatic heterocycles. The number of ether oxygens (including phenoxy) is 1. The van der Waals surface area contributed by atoms with Crippen LogP contribution in [0.2, 0.25) is 0 Å². The third-order valence-electron chi connectivity index (χ3n) is 2.98. The molecule has 94 valence electrons. The Hall–Kier alpha value is -0.580. The number of rotatable bonds is 2. The molecule has 0 amide bonds. The second-order valence-corrected chi connectivity index (χ2v) is 6.03. The number of benzene rings is 1. The molecule has 0 bridgehead atoms. The van der Waals surface area contributed by atoms with Gasteiger partial charge in [-0.2, -0.15) is 0 Å². The molecule has 17 heavy (non-hydrogen) atoms. The van der Waals surface area contributed by atoms with Crippen LogP contribution in [-0.2, 0) is 11.3 Å². The SMILES string of the molecule is CC1(C)CN(Cc2ccc(N)c(Br)c2)CCO1. The van der Waals surface area contributed by atoms with E-state index >= 15 is 0 Å². The molecule has 0 radical (unpaired) electrons. The van der Waals surface area contributed by atoms with Crippen molar-refractivity contribution in [3.05, 3.63) is 28.2 Å². The predicted octanol–water partition coefficient (Wildman–Crippen LogP) is 2.64. The van der Waals surface area contributed by atoms with E-state index < -0.39 is 0 Å². The molecule has 0 saturated carbocycles. The van der Waals surface area contributed by atoms with Gasteiger partial charge in [-0.05, 0) is 47.5 Å². The molecule has 1 aliphatic rings. The molecule has 0 aliphatic carbocycles. The summed E-state index contributed by atoms with van der Waals surface area (Å²) in [5.74, 6) is 0. The summed E-state index contributed by atoms with van der Waals surface area (Å²) in [5, 5.41) is 0. The predicted molar refractivity (Wildman–Crippen MR) is 73.9 cm³/mol. The lowest BCUT2D eigenvalue weighted by Crippen LogP contribution is -2.47. The lowest BCUT2D eigenvalue weighted by atomic mass is 10.1. The lowest BCUT2D eigenvalue weighted by molar-refractivity contribution is -0.0882. The highest BCUT2D eigenvalue weighted by Gasteiger charge is 2.26. The van der Waals surface area contributed by atoms with E-state index in [-0.39, 0.29) is 5.60 Å². The zero-order valence-corrected chi connectivity index (χ0v) is 12.0. The maximum Gasteiger partial charge on any atom is 0.0753 e. The second kappa shape index (κ2) is 4.96. The Balaban J connectivity index is 2.03. The first-order valence-corrected chi connectivity index (χ1v) is 6.66. The first-order valence-electron chi connectivity index (χ1n) is 5.86. The highest BCUT2D eigenvalue weighted by atomic mass is 79.9. The topological polar surface area (TPSA) is 38.5 Å². The van der Waals surface area contributed by atoms with Gasteiger partial charge in [0.15, 0.2) is 0 Å². The highest BCUT2D eigenvalue weighted by molar-refractivity contribution is 9.10. The number of nitrogens with two attached hydrogens (primary N) is 1. The molecular formula is C13H19BrN2O. The van der Waals surface area contributed by atoms with Crippen LogP contribution in [0, 0.1) is 0 Å². The molecule has 1 heterocycles. The van der Waals surface area contributed by atoms with Crippen LogP contribution in [-0.4, -0.2) is 30.2 Å². The first kappa shape index (κ1) is 12.9. The zero-order chi connectivity index (χ0) is 12.5. The van der Waals surface area contributed by atoms with Crippen molar-refractivity contribution in [3.8, 4) is 0 Å². The molecule has 0 atom stereocenters. The maximum atomic E-state index is 5.78. The number of hydrogen-bond acceptors (Lipinski definition) is 3. The van der Waals surface area contributed by atoms with Crippen LogP contribution in [0.15, 0.2) is 22.7 Å². The van der Waals surface area contributed by atoms with Gasteiger partial charge in [0.25, 0.3) is 0 Å². The summed E-state index contributed by atoms with van der Waals surface area (Å²) in [6.07, 6.45) is 0. The van der Waals surface area contributed by atoms with Crippen molar-refractivity contribution in [1.29, 1.82) is 0 Å². The van der Waals surface area contributed by atoms with Crippen LogP contribution in [0.5, 0.6) is 0 Å². The summed E-state index contributed by atoms with van der Waals surface area (Å²) in [4.78, 5) is 2.42. The molecule has 1 saturated heterocycles.